The Morgan fingerprint density at radius 1 is 1.32 bits per heavy atom. The Morgan fingerprint density at radius 2 is 2.00 bits per heavy atom. The summed E-state index contributed by atoms with van der Waals surface area (Å²) in [6.45, 7) is 5.48. The van der Waals surface area contributed by atoms with Crippen molar-refractivity contribution in [2.24, 2.45) is 0 Å². The van der Waals surface area contributed by atoms with E-state index in [-0.39, 0.29) is 11.8 Å². The highest BCUT2D eigenvalue weighted by molar-refractivity contribution is 14.1. The number of carbonyl (C=O) groups is 2. The van der Waals surface area contributed by atoms with Crippen molar-refractivity contribution in [2.75, 3.05) is 19.6 Å². The second-order valence-corrected chi connectivity index (χ2v) is 5.35. The Hall–Kier alpha value is -1.11. The van der Waals surface area contributed by atoms with Gasteiger partial charge in [-0.05, 0) is 48.1 Å². The van der Waals surface area contributed by atoms with Gasteiger partial charge in [0.05, 0.1) is 5.56 Å². The molecule has 0 unspecified atom stereocenters. The lowest BCUT2D eigenvalue weighted by Gasteiger charge is -2.18. The molecule has 0 aromatic heterocycles. The fourth-order valence-electron chi connectivity index (χ4n) is 1.75. The van der Waals surface area contributed by atoms with E-state index < -0.39 is 0 Å². The second kappa shape index (κ2) is 8.14. The predicted molar refractivity (Wildman–Crippen MR) is 84.0 cm³/mol. The van der Waals surface area contributed by atoms with Crippen LogP contribution in [0.1, 0.15) is 30.6 Å². The molecule has 0 fully saturated rings. The normalized spacial score (nSPS) is 10.1. The van der Waals surface area contributed by atoms with Crippen LogP contribution in [0.5, 0.6) is 0 Å². The monoisotopic (exact) mass is 374 g/mol. The molecule has 0 spiro atoms. The van der Waals surface area contributed by atoms with Crippen molar-refractivity contribution in [3.63, 3.8) is 0 Å². The third-order valence-corrected chi connectivity index (χ3v) is 3.78. The van der Waals surface area contributed by atoms with Gasteiger partial charge in [-0.1, -0.05) is 12.1 Å². The van der Waals surface area contributed by atoms with Gasteiger partial charge in [0.1, 0.15) is 0 Å². The van der Waals surface area contributed by atoms with E-state index in [0.29, 0.717) is 25.2 Å². The highest BCUT2D eigenvalue weighted by Crippen LogP contribution is 2.10. The Labute approximate surface area is 127 Å². The average molecular weight is 374 g/mol. The lowest BCUT2D eigenvalue weighted by atomic mass is 10.2. The van der Waals surface area contributed by atoms with Crippen LogP contribution >= 0.6 is 22.6 Å². The van der Waals surface area contributed by atoms with Crippen molar-refractivity contribution in [2.45, 2.75) is 20.3 Å². The summed E-state index contributed by atoms with van der Waals surface area (Å²) >= 11 is 2.15. The molecule has 0 heterocycles. The summed E-state index contributed by atoms with van der Waals surface area (Å²) in [5.41, 5.74) is 0.696. The Balaban J connectivity index is 2.36. The van der Waals surface area contributed by atoms with Crippen molar-refractivity contribution in [3.05, 3.63) is 33.4 Å². The molecule has 2 amide bonds. The molecule has 1 rings (SSSR count). The molecule has 1 aromatic carbocycles. The number of nitrogens with zero attached hydrogens (tertiary/aromatic N) is 1. The molecule has 0 aliphatic rings. The van der Waals surface area contributed by atoms with Gasteiger partial charge in [-0.15, -0.1) is 0 Å². The zero-order chi connectivity index (χ0) is 14.3. The first-order valence-corrected chi connectivity index (χ1v) is 7.42. The number of nitrogens with one attached hydrogen (secondary N) is 1. The topological polar surface area (TPSA) is 49.4 Å². The standard InChI is InChI=1S/C14H19IN2O2/c1-3-17(11(2)18)10-6-9-16-14(19)12-7-4-5-8-13(12)15/h4-5,7-8H,3,6,9-10H2,1-2H3,(H,16,19). The van der Waals surface area contributed by atoms with Gasteiger partial charge in [0.25, 0.3) is 5.91 Å². The summed E-state index contributed by atoms with van der Waals surface area (Å²) in [6.07, 6.45) is 0.766. The minimum atomic E-state index is -0.0594. The van der Waals surface area contributed by atoms with Crippen LogP contribution in [0.15, 0.2) is 24.3 Å². The molecular weight excluding hydrogens is 355 g/mol. The van der Waals surface area contributed by atoms with Crippen molar-refractivity contribution < 1.29 is 9.59 Å². The largest absolute Gasteiger partial charge is 0.352 e. The van der Waals surface area contributed by atoms with Gasteiger partial charge in [0, 0.05) is 30.1 Å². The first kappa shape index (κ1) is 15.9. The van der Waals surface area contributed by atoms with E-state index in [1.54, 1.807) is 11.8 Å². The summed E-state index contributed by atoms with van der Waals surface area (Å²) in [5.74, 6) is 0.0160. The predicted octanol–water partition coefficient (Wildman–Crippen LogP) is 2.28. The molecule has 0 atom stereocenters. The molecule has 1 aromatic rings. The van der Waals surface area contributed by atoms with Crippen molar-refractivity contribution in [1.29, 1.82) is 0 Å². The fourth-order valence-corrected chi connectivity index (χ4v) is 2.38. The number of carbonyl (C=O) groups excluding carboxylic acids is 2. The van der Waals surface area contributed by atoms with Crippen molar-refractivity contribution >= 4 is 34.4 Å². The van der Waals surface area contributed by atoms with E-state index in [2.05, 4.69) is 27.9 Å². The van der Waals surface area contributed by atoms with Crippen LogP contribution in [-0.2, 0) is 4.79 Å². The fraction of sp³-hybridized carbons (Fsp3) is 0.429. The van der Waals surface area contributed by atoms with E-state index in [1.807, 2.05) is 31.2 Å². The van der Waals surface area contributed by atoms with Crippen LogP contribution < -0.4 is 5.32 Å². The minimum absolute atomic E-state index is 0.0594. The Morgan fingerprint density at radius 3 is 2.58 bits per heavy atom. The van der Waals surface area contributed by atoms with Crippen LogP contribution in [0, 0.1) is 3.57 Å². The maximum absolute atomic E-state index is 11.9. The zero-order valence-corrected chi connectivity index (χ0v) is 13.4. The molecule has 0 bridgehead atoms. The van der Waals surface area contributed by atoms with Gasteiger partial charge in [0.15, 0.2) is 0 Å². The highest BCUT2D eigenvalue weighted by Gasteiger charge is 2.09. The van der Waals surface area contributed by atoms with E-state index in [1.165, 1.54) is 0 Å². The Kier molecular flexibility index (Phi) is 6.83. The van der Waals surface area contributed by atoms with E-state index in [4.69, 9.17) is 0 Å². The average Bonchev–Trinajstić information content (AvgIpc) is 2.38. The third kappa shape index (κ3) is 5.18. The van der Waals surface area contributed by atoms with Gasteiger partial charge in [-0.3, -0.25) is 9.59 Å². The van der Waals surface area contributed by atoms with Gasteiger partial charge in [0.2, 0.25) is 5.91 Å². The first-order chi connectivity index (χ1) is 9.06. The van der Waals surface area contributed by atoms with Gasteiger partial charge < -0.3 is 10.2 Å². The number of rotatable bonds is 6. The molecule has 1 N–H and O–H groups in total. The summed E-state index contributed by atoms with van der Waals surface area (Å²) in [4.78, 5) is 24.9. The van der Waals surface area contributed by atoms with Gasteiger partial charge in [-0.2, -0.15) is 0 Å². The molecule has 5 heteroatoms. The lowest BCUT2D eigenvalue weighted by molar-refractivity contribution is -0.128. The number of halogens is 1. The second-order valence-electron chi connectivity index (χ2n) is 4.19. The molecule has 0 radical (unpaired) electrons. The van der Waals surface area contributed by atoms with Crippen molar-refractivity contribution in [3.8, 4) is 0 Å². The summed E-state index contributed by atoms with van der Waals surface area (Å²) < 4.78 is 0.941. The van der Waals surface area contributed by atoms with Crippen LogP contribution in [0.4, 0.5) is 0 Å². The molecular formula is C14H19IN2O2. The van der Waals surface area contributed by atoms with Crippen molar-refractivity contribution in [1.82, 2.24) is 10.2 Å². The first-order valence-electron chi connectivity index (χ1n) is 6.34. The van der Waals surface area contributed by atoms with E-state index in [0.717, 1.165) is 9.99 Å². The molecule has 0 saturated carbocycles. The molecule has 104 valence electrons. The van der Waals surface area contributed by atoms with Gasteiger partial charge >= 0.3 is 0 Å². The van der Waals surface area contributed by atoms with Crippen LogP contribution in [0.25, 0.3) is 0 Å². The molecule has 4 nitrogen and oxygen atoms in total. The third-order valence-electron chi connectivity index (χ3n) is 2.84. The molecule has 0 saturated heterocycles. The summed E-state index contributed by atoms with van der Waals surface area (Å²) in [5, 5.41) is 2.88. The zero-order valence-electron chi connectivity index (χ0n) is 11.3. The minimum Gasteiger partial charge on any atom is -0.352 e. The van der Waals surface area contributed by atoms with Crippen LogP contribution in [0.2, 0.25) is 0 Å². The lowest BCUT2D eigenvalue weighted by Crippen LogP contribution is -2.32. The Bertz CT molecular complexity index is 449. The summed E-state index contributed by atoms with van der Waals surface area (Å²) in [6, 6.07) is 7.48. The van der Waals surface area contributed by atoms with E-state index in [9.17, 15) is 9.59 Å². The van der Waals surface area contributed by atoms with Crippen LogP contribution in [-0.4, -0.2) is 36.3 Å². The van der Waals surface area contributed by atoms with E-state index >= 15 is 0 Å². The number of hydrogen-bond acceptors (Lipinski definition) is 2. The maximum atomic E-state index is 11.9. The van der Waals surface area contributed by atoms with Crippen LogP contribution in [0.3, 0.4) is 0 Å². The molecule has 0 aliphatic heterocycles. The SMILES string of the molecule is CCN(CCCNC(=O)c1ccccc1I)C(C)=O. The number of hydrogen-bond donors (Lipinski definition) is 1. The van der Waals surface area contributed by atoms with Gasteiger partial charge in [-0.25, -0.2) is 0 Å². The number of benzene rings is 1. The molecule has 19 heavy (non-hydrogen) atoms. The number of amides is 2. The smallest absolute Gasteiger partial charge is 0.252 e. The summed E-state index contributed by atoms with van der Waals surface area (Å²) in [7, 11) is 0. The highest BCUT2D eigenvalue weighted by atomic mass is 127. The molecule has 0 aliphatic carbocycles. The quantitative estimate of drug-likeness (QED) is 0.614. The maximum Gasteiger partial charge on any atom is 0.252 e.